The summed E-state index contributed by atoms with van der Waals surface area (Å²) in [5, 5.41) is 17.3. The fourth-order valence-electron chi connectivity index (χ4n) is 2.96. The molecule has 0 bridgehead atoms. The number of rotatable bonds is 4. The zero-order valence-electron chi connectivity index (χ0n) is 20.4. The summed E-state index contributed by atoms with van der Waals surface area (Å²) >= 11 is 6.27. The molecular formula is C24H15ClF6N4O7. The Morgan fingerprint density at radius 1 is 0.833 bits per heavy atom. The third-order valence-electron chi connectivity index (χ3n) is 4.82. The molecule has 3 aromatic rings. The number of halogens is 7. The minimum Gasteiger partial charge on any atom is -0.475 e. The lowest BCUT2D eigenvalue weighted by Gasteiger charge is -2.18. The van der Waals surface area contributed by atoms with E-state index in [4.69, 9.17) is 31.4 Å². The van der Waals surface area contributed by atoms with Crippen LogP contribution in [0, 0.1) is 0 Å². The van der Waals surface area contributed by atoms with Crippen LogP contribution in [-0.2, 0) is 16.1 Å². The van der Waals surface area contributed by atoms with Gasteiger partial charge < -0.3 is 15.5 Å². The maximum atomic E-state index is 12.6. The highest BCUT2D eigenvalue weighted by Crippen LogP contribution is 2.30. The Labute approximate surface area is 235 Å². The standard InChI is InChI=1S/C20H13ClN4O3.2C2HF3O2/c21-15-5-3-4-12(17(15)24-18(26)16-6-1-2-8-23-16)11-25-19(27)13-7-9-22-10-14(13)20(25)28;2*3-2(4,5)1(6)7/h1-10H,11H2,(H,24,26);2*(H,6,7). The zero-order chi connectivity index (χ0) is 31.8. The number of carbonyl (C=O) groups is 5. The van der Waals surface area contributed by atoms with Gasteiger partial charge >= 0.3 is 24.3 Å². The predicted octanol–water partition coefficient (Wildman–Crippen LogP) is 4.45. The lowest BCUT2D eigenvalue weighted by molar-refractivity contribution is -0.193. The van der Waals surface area contributed by atoms with E-state index in [-0.39, 0.29) is 17.8 Å². The second-order valence-electron chi connectivity index (χ2n) is 7.67. The van der Waals surface area contributed by atoms with Gasteiger partial charge in [-0.1, -0.05) is 29.8 Å². The highest BCUT2D eigenvalue weighted by Gasteiger charge is 2.39. The molecule has 222 valence electrons. The largest absolute Gasteiger partial charge is 0.490 e. The van der Waals surface area contributed by atoms with Crippen molar-refractivity contribution in [2.45, 2.75) is 18.9 Å². The minimum atomic E-state index is -5.08. The average Bonchev–Trinajstić information content (AvgIpc) is 3.15. The number of fused-ring (bicyclic) bond motifs is 1. The second-order valence-corrected chi connectivity index (χ2v) is 8.07. The van der Waals surface area contributed by atoms with Gasteiger partial charge in [-0.3, -0.25) is 29.3 Å². The zero-order valence-corrected chi connectivity index (χ0v) is 21.2. The molecule has 0 saturated heterocycles. The van der Waals surface area contributed by atoms with Gasteiger partial charge in [0.15, 0.2) is 0 Å². The van der Waals surface area contributed by atoms with Gasteiger partial charge in [-0.05, 0) is 29.8 Å². The molecule has 3 amide bonds. The molecule has 0 spiro atoms. The normalized spacial score (nSPS) is 12.3. The van der Waals surface area contributed by atoms with Crippen LogP contribution in [0.4, 0.5) is 32.0 Å². The quantitative estimate of drug-likeness (QED) is 0.282. The van der Waals surface area contributed by atoms with E-state index < -0.39 is 42.0 Å². The molecule has 0 unspecified atom stereocenters. The molecule has 42 heavy (non-hydrogen) atoms. The van der Waals surface area contributed by atoms with Crippen molar-refractivity contribution in [3.63, 3.8) is 0 Å². The van der Waals surface area contributed by atoms with E-state index in [0.29, 0.717) is 21.8 Å². The summed E-state index contributed by atoms with van der Waals surface area (Å²) in [6.45, 7) is -0.0370. The number of aliphatic carboxylic acids is 2. The number of carboxylic acid groups (broad SMARTS) is 2. The molecule has 11 nitrogen and oxygen atoms in total. The maximum Gasteiger partial charge on any atom is 0.490 e. The van der Waals surface area contributed by atoms with Crippen molar-refractivity contribution in [3.05, 3.63) is 88.5 Å². The Kier molecular flexibility index (Phi) is 10.7. The van der Waals surface area contributed by atoms with Crippen molar-refractivity contribution in [2.75, 3.05) is 5.32 Å². The molecule has 4 rings (SSSR count). The van der Waals surface area contributed by atoms with E-state index in [0.717, 1.165) is 4.90 Å². The maximum absolute atomic E-state index is 12.6. The molecule has 0 aliphatic carbocycles. The van der Waals surface area contributed by atoms with Crippen molar-refractivity contribution in [2.24, 2.45) is 0 Å². The van der Waals surface area contributed by atoms with E-state index in [9.17, 15) is 40.7 Å². The second kappa shape index (κ2) is 13.5. The summed E-state index contributed by atoms with van der Waals surface area (Å²) in [7, 11) is 0. The third-order valence-corrected chi connectivity index (χ3v) is 5.14. The molecular weight excluding hydrogens is 606 g/mol. The smallest absolute Gasteiger partial charge is 0.475 e. The van der Waals surface area contributed by atoms with Gasteiger partial charge in [-0.15, -0.1) is 0 Å². The average molecular weight is 621 g/mol. The summed E-state index contributed by atoms with van der Waals surface area (Å²) < 4.78 is 63.5. The molecule has 0 fully saturated rings. The lowest BCUT2D eigenvalue weighted by atomic mass is 10.1. The van der Waals surface area contributed by atoms with Crippen LogP contribution in [0.25, 0.3) is 0 Å². The number of pyridine rings is 2. The van der Waals surface area contributed by atoms with Crippen LogP contribution in [0.5, 0.6) is 0 Å². The number of imide groups is 1. The molecule has 3 heterocycles. The number of para-hydroxylation sites is 1. The number of carboxylic acids is 2. The van der Waals surface area contributed by atoms with Gasteiger partial charge in [0.25, 0.3) is 17.7 Å². The van der Waals surface area contributed by atoms with Crippen molar-refractivity contribution < 1.29 is 60.5 Å². The van der Waals surface area contributed by atoms with Crippen molar-refractivity contribution in [3.8, 4) is 0 Å². The number of alkyl halides is 6. The molecule has 0 saturated carbocycles. The van der Waals surface area contributed by atoms with E-state index in [1.165, 1.54) is 24.7 Å². The van der Waals surface area contributed by atoms with E-state index >= 15 is 0 Å². The molecule has 0 radical (unpaired) electrons. The highest BCUT2D eigenvalue weighted by molar-refractivity contribution is 6.34. The minimum absolute atomic E-state index is 0.0370. The molecule has 1 aliphatic rings. The number of carbonyl (C=O) groups excluding carboxylic acids is 3. The first-order chi connectivity index (χ1) is 19.4. The molecule has 0 atom stereocenters. The topological polar surface area (TPSA) is 167 Å². The summed E-state index contributed by atoms with van der Waals surface area (Å²) in [5.41, 5.74) is 1.64. The van der Waals surface area contributed by atoms with E-state index in [1.807, 2.05) is 0 Å². The summed E-state index contributed by atoms with van der Waals surface area (Å²) in [6, 6.07) is 11.5. The lowest BCUT2D eigenvalue weighted by Crippen LogP contribution is -2.29. The van der Waals surface area contributed by atoms with Gasteiger partial charge in [-0.2, -0.15) is 26.3 Å². The van der Waals surface area contributed by atoms with Crippen molar-refractivity contribution >= 4 is 46.9 Å². The van der Waals surface area contributed by atoms with Crippen LogP contribution >= 0.6 is 11.6 Å². The van der Waals surface area contributed by atoms with Gasteiger partial charge in [0.05, 0.1) is 28.4 Å². The number of hydrogen-bond acceptors (Lipinski definition) is 7. The number of anilines is 1. The van der Waals surface area contributed by atoms with Gasteiger partial charge in [0, 0.05) is 18.6 Å². The van der Waals surface area contributed by atoms with Crippen molar-refractivity contribution in [1.29, 1.82) is 0 Å². The number of hydrogen-bond donors (Lipinski definition) is 3. The monoisotopic (exact) mass is 620 g/mol. The summed E-state index contributed by atoms with van der Waals surface area (Å²) in [4.78, 5) is 64.5. The number of nitrogens with zero attached hydrogens (tertiary/aromatic N) is 3. The Morgan fingerprint density at radius 2 is 1.40 bits per heavy atom. The van der Waals surface area contributed by atoms with Crippen LogP contribution in [0.3, 0.4) is 0 Å². The molecule has 1 aromatic carbocycles. The summed E-state index contributed by atoms with van der Waals surface area (Å²) in [5.74, 6) is -6.80. The van der Waals surface area contributed by atoms with Crippen LogP contribution in [-0.4, -0.2) is 67.1 Å². The van der Waals surface area contributed by atoms with Gasteiger partial charge in [-0.25, -0.2) is 9.59 Å². The first-order valence-electron chi connectivity index (χ1n) is 10.8. The fraction of sp³-hybridized carbons (Fsp3) is 0.125. The van der Waals surface area contributed by atoms with Gasteiger partial charge in [0.2, 0.25) is 0 Å². The number of amides is 3. The molecule has 2 aromatic heterocycles. The van der Waals surface area contributed by atoms with Crippen LogP contribution < -0.4 is 5.32 Å². The Morgan fingerprint density at radius 3 is 1.90 bits per heavy atom. The first kappa shape index (κ1) is 33.1. The number of benzene rings is 1. The number of aromatic nitrogens is 2. The number of nitrogens with one attached hydrogen (secondary N) is 1. The van der Waals surface area contributed by atoms with Gasteiger partial charge in [0.1, 0.15) is 5.69 Å². The first-order valence-corrected chi connectivity index (χ1v) is 11.2. The third kappa shape index (κ3) is 8.72. The van der Waals surface area contributed by atoms with Crippen LogP contribution in [0.2, 0.25) is 5.02 Å². The van der Waals surface area contributed by atoms with Crippen molar-refractivity contribution in [1.82, 2.24) is 14.9 Å². The highest BCUT2D eigenvalue weighted by atomic mass is 35.5. The molecule has 3 N–H and O–H groups in total. The predicted molar refractivity (Wildman–Crippen MR) is 129 cm³/mol. The Hall–Kier alpha value is -5.06. The van der Waals surface area contributed by atoms with Crippen LogP contribution in [0.15, 0.2) is 61.1 Å². The Balaban J connectivity index is 0.000000367. The van der Waals surface area contributed by atoms with Crippen LogP contribution in [0.1, 0.15) is 36.8 Å². The Bertz CT molecular complexity index is 1440. The molecule has 18 heteroatoms. The summed E-state index contributed by atoms with van der Waals surface area (Å²) in [6.07, 6.45) is -5.82. The van der Waals surface area contributed by atoms with E-state index in [1.54, 1.807) is 36.4 Å². The fourth-order valence-corrected chi connectivity index (χ4v) is 3.20. The molecule has 1 aliphatic heterocycles. The van der Waals surface area contributed by atoms with E-state index in [2.05, 4.69) is 15.3 Å². The SMILES string of the molecule is O=C(Nc1c(Cl)cccc1CN1C(=O)c2ccncc2C1=O)c1ccccn1.O=C(O)C(F)(F)F.O=C(O)C(F)(F)F.